The summed E-state index contributed by atoms with van der Waals surface area (Å²) in [6.07, 6.45) is 1.18. The van der Waals surface area contributed by atoms with Gasteiger partial charge in [-0.25, -0.2) is 0 Å². The standard InChI is InChI=1S/C28H36OP2/c1-20-16-24(28(3,4)5)26(29-18-22-13-9-8-10-14-22)25(17-20)30-27-21(2)12-11-15-23(27)19-31(6)7/h8-17,30H,18-19H2,1-7H3. The highest BCUT2D eigenvalue weighted by molar-refractivity contribution is 7.57. The molecule has 3 aromatic carbocycles. The second-order valence-corrected chi connectivity index (χ2v) is 13.4. The first-order valence-corrected chi connectivity index (χ1v) is 14.4. The first-order valence-electron chi connectivity index (χ1n) is 11.0. The number of hydrogen-bond acceptors (Lipinski definition) is 1. The normalized spacial score (nSPS) is 12.1. The Balaban J connectivity index is 2.06. The summed E-state index contributed by atoms with van der Waals surface area (Å²) in [5.41, 5.74) is 6.73. The van der Waals surface area contributed by atoms with Crippen LogP contribution in [0.2, 0.25) is 0 Å². The zero-order valence-electron chi connectivity index (χ0n) is 20.0. The molecule has 0 N–H and O–H groups in total. The molecule has 0 bridgehead atoms. The minimum absolute atomic E-state index is 0.0176. The smallest absolute Gasteiger partial charge is 0.131 e. The summed E-state index contributed by atoms with van der Waals surface area (Å²) >= 11 is 0. The lowest BCUT2D eigenvalue weighted by molar-refractivity contribution is 0.300. The van der Waals surface area contributed by atoms with E-state index in [2.05, 4.69) is 109 Å². The SMILES string of the molecule is Cc1cc(Pc2c(C)cccc2CP(C)C)c(OCc2ccccc2)c(C(C)(C)C)c1. The van der Waals surface area contributed by atoms with Gasteiger partial charge in [0.15, 0.2) is 0 Å². The van der Waals surface area contributed by atoms with Gasteiger partial charge in [0.1, 0.15) is 12.4 Å². The van der Waals surface area contributed by atoms with Gasteiger partial charge in [-0.05, 0) is 72.4 Å². The molecule has 0 aliphatic rings. The molecule has 0 aliphatic carbocycles. The predicted molar refractivity (Wildman–Crippen MR) is 142 cm³/mol. The number of ether oxygens (including phenoxy) is 1. The van der Waals surface area contributed by atoms with Crippen LogP contribution in [0.3, 0.4) is 0 Å². The van der Waals surface area contributed by atoms with E-state index in [1.807, 2.05) is 0 Å². The van der Waals surface area contributed by atoms with Crippen LogP contribution in [-0.2, 0) is 18.2 Å². The van der Waals surface area contributed by atoms with Crippen LogP contribution in [0.15, 0.2) is 60.7 Å². The van der Waals surface area contributed by atoms with E-state index in [4.69, 9.17) is 4.74 Å². The van der Waals surface area contributed by atoms with E-state index >= 15 is 0 Å². The summed E-state index contributed by atoms with van der Waals surface area (Å²) in [4.78, 5) is 0. The van der Waals surface area contributed by atoms with Crippen molar-refractivity contribution in [3.63, 3.8) is 0 Å². The number of benzene rings is 3. The summed E-state index contributed by atoms with van der Waals surface area (Å²) in [5.74, 6) is 1.07. The van der Waals surface area contributed by atoms with Gasteiger partial charge in [-0.1, -0.05) is 83.9 Å². The number of aryl methyl sites for hydroxylation is 2. The molecule has 164 valence electrons. The van der Waals surface area contributed by atoms with Crippen molar-refractivity contribution in [1.82, 2.24) is 0 Å². The van der Waals surface area contributed by atoms with E-state index in [1.165, 1.54) is 44.6 Å². The van der Waals surface area contributed by atoms with Crippen molar-refractivity contribution in [3.8, 4) is 5.75 Å². The Morgan fingerprint density at radius 3 is 2.26 bits per heavy atom. The molecule has 0 fully saturated rings. The summed E-state index contributed by atoms with van der Waals surface area (Å²) in [6.45, 7) is 16.6. The van der Waals surface area contributed by atoms with Crippen LogP contribution in [0.25, 0.3) is 0 Å². The third kappa shape index (κ3) is 6.41. The maximum absolute atomic E-state index is 6.58. The quantitative estimate of drug-likeness (QED) is 0.351. The molecule has 0 saturated heterocycles. The fraction of sp³-hybridized carbons (Fsp3) is 0.357. The lowest BCUT2D eigenvalue weighted by Crippen LogP contribution is -2.20. The van der Waals surface area contributed by atoms with E-state index in [-0.39, 0.29) is 13.3 Å². The van der Waals surface area contributed by atoms with Crippen molar-refractivity contribution in [3.05, 3.63) is 88.5 Å². The van der Waals surface area contributed by atoms with E-state index in [1.54, 1.807) is 0 Å². The van der Waals surface area contributed by atoms with Crippen LogP contribution in [0.5, 0.6) is 5.75 Å². The fourth-order valence-corrected chi connectivity index (χ4v) is 6.42. The van der Waals surface area contributed by atoms with Gasteiger partial charge in [0.25, 0.3) is 0 Å². The molecule has 1 nitrogen and oxygen atoms in total. The highest BCUT2D eigenvalue weighted by atomic mass is 31.1. The molecular formula is C28H36OP2. The molecule has 1 unspecified atom stereocenters. The first-order chi connectivity index (χ1) is 14.6. The zero-order valence-corrected chi connectivity index (χ0v) is 21.9. The molecule has 0 amide bonds. The summed E-state index contributed by atoms with van der Waals surface area (Å²) < 4.78 is 6.58. The average Bonchev–Trinajstić information content (AvgIpc) is 2.69. The topological polar surface area (TPSA) is 9.23 Å². The maximum atomic E-state index is 6.58. The van der Waals surface area contributed by atoms with Crippen molar-refractivity contribution < 1.29 is 4.74 Å². The van der Waals surface area contributed by atoms with Gasteiger partial charge in [-0.3, -0.25) is 0 Å². The Morgan fingerprint density at radius 2 is 1.61 bits per heavy atom. The van der Waals surface area contributed by atoms with Gasteiger partial charge in [-0.15, -0.1) is 7.92 Å². The summed E-state index contributed by atoms with van der Waals surface area (Å²) in [7, 11) is 0.615. The van der Waals surface area contributed by atoms with E-state index < -0.39 is 0 Å². The lowest BCUT2D eigenvalue weighted by atomic mass is 9.85. The van der Waals surface area contributed by atoms with Gasteiger partial charge in [0.05, 0.1) is 0 Å². The molecule has 3 aromatic rings. The minimum atomic E-state index is 0.0176. The maximum Gasteiger partial charge on any atom is 0.131 e. The average molecular weight is 451 g/mol. The van der Waals surface area contributed by atoms with Crippen molar-refractivity contribution in [2.45, 2.75) is 52.8 Å². The van der Waals surface area contributed by atoms with E-state index in [9.17, 15) is 0 Å². The van der Waals surface area contributed by atoms with Crippen molar-refractivity contribution >= 4 is 27.1 Å². The van der Waals surface area contributed by atoms with E-state index in [0.717, 1.165) is 5.75 Å². The molecule has 3 rings (SSSR count). The molecule has 31 heavy (non-hydrogen) atoms. The van der Waals surface area contributed by atoms with Crippen LogP contribution in [-0.4, -0.2) is 13.3 Å². The summed E-state index contributed by atoms with van der Waals surface area (Å²) in [5, 5.41) is 2.82. The lowest BCUT2D eigenvalue weighted by Gasteiger charge is -2.26. The molecular weight excluding hydrogens is 414 g/mol. The largest absolute Gasteiger partial charge is 0.488 e. The van der Waals surface area contributed by atoms with Crippen LogP contribution in [0.1, 0.15) is 48.6 Å². The van der Waals surface area contributed by atoms with Crippen LogP contribution < -0.4 is 15.3 Å². The third-order valence-corrected chi connectivity index (χ3v) is 7.95. The molecule has 0 saturated carbocycles. The van der Waals surface area contributed by atoms with Gasteiger partial charge >= 0.3 is 0 Å². The van der Waals surface area contributed by atoms with Gasteiger partial charge < -0.3 is 4.74 Å². The molecule has 1 atom stereocenters. The Kier molecular flexibility index (Phi) is 7.96. The van der Waals surface area contributed by atoms with Crippen molar-refractivity contribution in [2.24, 2.45) is 0 Å². The van der Waals surface area contributed by atoms with Crippen LogP contribution in [0.4, 0.5) is 0 Å². The fourth-order valence-electron chi connectivity index (χ4n) is 3.82. The predicted octanol–water partition coefficient (Wildman–Crippen LogP) is 7.05. The van der Waals surface area contributed by atoms with Gasteiger partial charge in [0.2, 0.25) is 0 Å². The van der Waals surface area contributed by atoms with Gasteiger partial charge in [-0.2, -0.15) is 0 Å². The Morgan fingerprint density at radius 1 is 0.903 bits per heavy atom. The Bertz CT molecular complexity index is 1020. The van der Waals surface area contributed by atoms with Crippen LogP contribution in [0, 0.1) is 13.8 Å². The molecule has 0 spiro atoms. The second-order valence-electron chi connectivity index (χ2n) is 9.69. The van der Waals surface area contributed by atoms with Crippen LogP contribution >= 0.6 is 16.5 Å². The number of rotatable bonds is 7. The number of hydrogen-bond donors (Lipinski definition) is 0. The Labute approximate surface area is 192 Å². The highest BCUT2D eigenvalue weighted by Crippen LogP contribution is 2.37. The second kappa shape index (κ2) is 10.3. The van der Waals surface area contributed by atoms with Crippen molar-refractivity contribution in [2.75, 3.05) is 13.3 Å². The minimum Gasteiger partial charge on any atom is -0.488 e. The monoisotopic (exact) mass is 450 g/mol. The molecule has 3 heteroatoms. The Hall–Kier alpha value is -1.68. The zero-order chi connectivity index (χ0) is 22.6. The molecule has 0 aromatic heterocycles. The molecule has 0 radical (unpaired) electrons. The molecule has 0 aliphatic heterocycles. The third-order valence-electron chi connectivity index (χ3n) is 5.37. The molecule has 0 heterocycles. The van der Waals surface area contributed by atoms with Crippen molar-refractivity contribution in [1.29, 1.82) is 0 Å². The summed E-state index contributed by atoms with van der Waals surface area (Å²) in [6, 6.07) is 21.9. The highest BCUT2D eigenvalue weighted by Gasteiger charge is 2.23. The van der Waals surface area contributed by atoms with Gasteiger partial charge in [0, 0.05) is 10.9 Å². The van der Waals surface area contributed by atoms with E-state index in [0.29, 0.717) is 15.2 Å². The first kappa shape index (κ1) is 24.0.